The first kappa shape index (κ1) is 20.0. The van der Waals surface area contributed by atoms with Crippen LogP contribution in [0.5, 0.6) is 0 Å². The van der Waals surface area contributed by atoms with Crippen molar-refractivity contribution in [2.45, 2.75) is 84.3 Å². The molecular weight excluding hydrogens is 352 g/mol. The van der Waals surface area contributed by atoms with Gasteiger partial charge in [-0.1, -0.05) is 24.3 Å². The minimum atomic E-state index is -0.448. The molecule has 0 N–H and O–H groups in total. The van der Waals surface area contributed by atoms with E-state index in [-0.39, 0.29) is 22.4 Å². The Hall–Kier alpha value is -1.27. The van der Waals surface area contributed by atoms with Gasteiger partial charge in [-0.2, -0.15) is 0 Å². The Morgan fingerprint density at radius 2 is 1.25 bits per heavy atom. The molecule has 7 heteroatoms. The summed E-state index contributed by atoms with van der Waals surface area (Å²) in [6.07, 6.45) is 2.09. The Labute approximate surface area is 169 Å². The van der Waals surface area contributed by atoms with Crippen LogP contribution in [-0.2, 0) is 25.2 Å². The highest BCUT2D eigenvalue weighted by Gasteiger charge is 2.56. The molecule has 0 aliphatic carbocycles. The first-order valence-electron chi connectivity index (χ1n) is 10.1. The molecule has 2 fully saturated rings. The second-order valence-corrected chi connectivity index (χ2v) is 10.1. The number of fused-ring (bicyclic) bond motifs is 1. The summed E-state index contributed by atoms with van der Waals surface area (Å²) in [5.41, 5.74) is 1.84. The third kappa shape index (κ3) is 3.04. The summed E-state index contributed by atoms with van der Waals surface area (Å²) in [7, 11) is -0.882. The van der Waals surface area contributed by atoms with Gasteiger partial charge in [0.2, 0.25) is 0 Å². The maximum atomic E-state index is 6.35. The van der Waals surface area contributed by atoms with Gasteiger partial charge in [0.25, 0.3) is 0 Å². The van der Waals surface area contributed by atoms with Gasteiger partial charge in [-0.3, -0.25) is 0 Å². The van der Waals surface area contributed by atoms with Crippen molar-refractivity contribution in [1.82, 2.24) is 4.81 Å². The first-order valence-corrected chi connectivity index (χ1v) is 10.1. The van der Waals surface area contributed by atoms with Crippen LogP contribution in [0.3, 0.4) is 0 Å². The zero-order valence-electron chi connectivity index (χ0n) is 18.3. The summed E-state index contributed by atoms with van der Waals surface area (Å²) in [6.45, 7) is 17.3. The van der Waals surface area contributed by atoms with E-state index >= 15 is 0 Å². The lowest BCUT2D eigenvalue weighted by molar-refractivity contribution is 0.00578. The molecule has 1 aromatic rings. The Bertz CT molecular complexity index is 786. The molecule has 0 spiro atoms. The zero-order valence-corrected chi connectivity index (χ0v) is 18.3. The van der Waals surface area contributed by atoms with E-state index < -0.39 is 14.4 Å². The van der Waals surface area contributed by atoms with Gasteiger partial charge in [0.1, 0.15) is 0 Å². The monoisotopic (exact) mass is 383 g/mol. The van der Waals surface area contributed by atoms with Gasteiger partial charge in [0, 0.05) is 12.0 Å². The summed E-state index contributed by atoms with van der Waals surface area (Å²) in [5.74, 6) is 0. The molecular formula is C21H31B2NO4. The van der Waals surface area contributed by atoms with Crippen LogP contribution in [0.15, 0.2) is 30.5 Å². The van der Waals surface area contributed by atoms with Crippen molar-refractivity contribution in [3.63, 3.8) is 0 Å². The second kappa shape index (κ2) is 6.11. The van der Waals surface area contributed by atoms with Gasteiger partial charge >= 0.3 is 14.4 Å². The van der Waals surface area contributed by atoms with Gasteiger partial charge in [-0.05, 0) is 72.7 Å². The lowest BCUT2D eigenvalue weighted by Gasteiger charge is -2.32. The van der Waals surface area contributed by atoms with Crippen LogP contribution in [0.4, 0.5) is 0 Å². The van der Waals surface area contributed by atoms with E-state index in [9.17, 15) is 0 Å². The van der Waals surface area contributed by atoms with E-state index in [0.717, 1.165) is 17.6 Å². The Kier molecular flexibility index (Phi) is 4.37. The summed E-state index contributed by atoms with van der Waals surface area (Å²) < 4.78 is 25.3. The highest BCUT2D eigenvalue weighted by atomic mass is 16.7. The molecule has 3 heterocycles. The van der Waals surface area contributed by atoms with Crippen molar-refractivity contribution in [2.75, 3.05) is 0 Å². The lowest BCUT2D eigenvalue weighted by atomic mass is 9.71. The fraction of sp³-hybridized carbons (Fsp3) is 0.619. The third-order valence-corrected chi connectivity index (χ3v) is 7.00. The average Bonchev–Trinajstić information content (AvgIpc) is 2.93. The van der Waals surface area contributed by atoms with Crippen molar-refractivity contribution in [1.29, 1.82) is 0 Å². The van der Waals surface area contributed by atoms with Gasteiger partial charge in [-0.25, -0.2) is 0 Å². The van der Waals surface area contributed by atoms with Crippen LogP contribution in [0.2, 0.25) is 0 Å². The molecule has 2 saturated heterocycles. The molecule has 150 valence electrons. The van der Waals surface area contributed by atoms with Crippen LogP contribution in [0.25, 0.3) is 5.47 Å². The van der Waals surface area contributed by atoms with E-state index in [1.165, 1.54) is 5.56 Å². The highest BCUT2D eigenvalue weighted by Crippen LogP contribution is 2.44. The number of nitrogens with zero attached hydrogens (tertiary/aromatic N) is 1. The normalized spacial score (nSPS) is 27.0. The molecule has 4 rings (SSSR count). The summed E-state index contributed by atoms with van der Waals surface area (Å²) >= 11 is 0. The number of rotatable bonds is 2. The molecule has 0 aromatic heterocycles. The van der Waals surface area contributed by atoms with Crippen LogP contribution in [-0.4, -0.2) is 41.6 Å². The van der Waals surface area contributed by atoms with E-state index in [0.29, 0.717) is 0 Å². The van der Waals surface area contributed by atoms with E-state index in [2.05, 4.69) is 90.7 Å². The summed E-state index contributed by atoms with van der Waals surface area (Å²) in [6, 6.07) is 8.40. The first-order chi connectivity index (χ1) is 12.8. The van der Waals surface area contributed by atoms with Crippen molar-refractivity contribution in [2.24, 2.45) is 0 Å². The van der Waals surface area contributed by atoms with Crippen LogP contribution < -0.4 is 0 Å². The van der Waals surface area contributed by atoms with Gasteiger partial charge in [-0.15, -0.1) is 0 Å². The predicted octanol–water partition coefficient (Wildman–Crippen LogP) is 4.06. The quantitative estimate of drug-likeness (QED) is 0.721. The molecule has 3 aliphatic heterocycles. The second-order valence-electron chi connectivity index (χ2n) is 10.1. The minimum Gasteiger partial charge on any atom is -0.399 e. The van der Waals surface area contributed by atoms with Crippen LogP contribution in [0.1, 0.15) is 66.5 Å². The van der Waals surface area contributed by atoms with Gasteiger partial charge < -0.3 is 23.4 Å². The van der Waals surface area contributed by atoms with E-state index in [1.54, 1.807) is 0 Å². The number of benzene rings is 1. The molecule has 0 unspecified atom stereocenters. The molecule has 3 aliphatic rings. The number of hydrogen-bond donors (Lipinski definition) is 0. The average molecular weight is 383 g/mol. The molecule has 0 atom stereocenters. The van der Waals surface area contributed by atoms with Crippen molar-refractivity contribution in [3.05, 3.63) is 41.6 Å². The van der Waals surface area contributed by atoms with Crippen molar-refractivity contribution < 1.29 is 18.6 Å². The molecule has 0 amide bonds. The van der Waals surface area contributed by atoms with Crippen LogP contribution >= 0.6 is 0 Å². The fourth-order valence-electron chi connectivity index (χ4n) is 3.67. The molecule has 28 heavy (non-hydrogen) atoms. The van der Waals surface area contributed by atoms with E-state index in [4.69, 9.17) is 18.6 Å². The molecule has 0 bridgehead atoms. The minimum absolute atomic E-state index is 0.382. The molecule has 1 aromatic carbocycles. The Balaban J connectivity index is 1.70. The maximum absolute atomic E-state index is 6.35. The highest BCUT2D eigenvalue weighted by molar-refractivity contribution is 6.69. The maximum Gasteiger partial charge on any atom is 0.594 e. The van der Waals surface area contributed by atoms with Crippen molar-refractivity contribution in [3.8, 4) is 0 Å². The van der Waals surface area contributed by atoms with Crippen molar-refractivity contribution >= 4 is 19.8 Å². The SMILES string of the molecule is CC1(C)OB(C2=CN(B3OC(C)(C)C(C)(C)O3)Cc3ccccc32)OC1(C)C. The standard InChI is InChI=1S/C21H31B2NO4/c1-18(2)19(3,4)26-22(25-18)17-14-24(13-15-11-9-10-12-16(15)17)23-27-20(5,6)21(7,8)28-23/h9-12,14H,13H2,1-8H3. The Morgan fingerprint density at radius 3 is 1.82 bits per heavy atom. The zero-order chi connectivity index (χ0) is 20.5. The Morgan fingerprint density at radius 1 is 0.750 bits per heavy atom. The lowest BCUT2D eigenvalue weighted by Crippen LogP contribution is -2.41. The van der Waals surface area contributed by atoms with E-state index in [1.807, 2.05) is 0 Å². The third-order valence-electron chi connectivity index (χ3n) is 7.00. The summed E-state index contributed by atoms with van der Waals surface area (Å²) in [4.78, 5) is 2.11. The van der Waals surface area contributed by atoms with Gasteiger partial charge in [0.15, 0.2) is 0 Å². The fourth-order valence-corrected chi connectivity index (χ4v) is 3.67. The largest absolute Gasteiger partial charge is 0.594 e. The van der Waals surface area contributed by atoms with Crippen LogP contribution in [0, 0.1) is 0 Å². The topological polar surface area (TPSA) is 40.2 Å². The molecule has 0 saturated carbocycles. The number of hydrogen-bond acceptors (Lipinski definition) is 5. The summed E-state index contributed by atoms with van der Waals surface area (Å²) in [5, 5.41) is 0. The smallest absolute Gasteiger partial charge is 0.399 e. The predicted molar refractivity (Wildman–Crippen MR) is 112 cm³/mol. The molecule has 5 nitrogen and oxygen atoms in total. The van der Waals surface area contributed by atoms with Gasteiger partial charge in [0.05, 0.1) is 22.4 Å². The molecule has 0 radical (unpaired) electrons.